The molecular weight excluding hydrogens is 680 g/mol. The number of benzene rings is 5. The molecule has 0 fully saturated rings. The van der Waals surface area contributed by atoms with E-state index in [1.807, 2.05) is 13.8 Å². The van der Waals surface area contributed by atoms with Crippen molar-refractivity contribution >= 4 is 0 Å². The van der Waals surface area contributed by atoms with Crippen molar-refractivity contribution in [3.05, 3.63) is 142 Å². The lowest BCUT2D eigenvalue weighted by Crippen LogP contribution is -2.25. The van der Waals surface area contributed by atoms with Gasteiger partial charge in [0, 0.05) is 23.8 Å². The number of alkyl halides is 4. The summed E-state index contributed by atoms with van der Waals surface area (Å²) < 4.78 is 181. The lowest BCUT2D eigenvalue weighted by molar-refractivity contribution is -0.190. The van der Waals surface area contributed by atoms with Crippen molar-refractivity contribution in [2.24, 2.45) is 0 Å². The molecule has 0 N–H and O–H groups in total. The Morgan fingerprint density at radius 2 is 0.837 bits per heavy atom. The fourth-order valence-electron chi connectivity index (χ4n) is 4.55. The Morgan fingerprint density at radius 3 is 1.29 bits per heavy atom. The third-order valence-corrected chi connectivity index (χ3v) is 6.75. The Hall–Kier alpha value is -5.14. The highest BCUT2D eigenvalue weighted by Gasteiger charge is 2.43. The van der Waals surface area contributed by atoms with Crippen LogP contribution in [0.3, 0.4) is 0 Å². The zero-order chi connectivity index (χ0) is 36.4. The monoisotopic (exact) mass is 702 g/mol. The second-order valence-electron chi connectivity index (χ2n) is 10.1. The Bertz CT molecular complexity index is 1920. The summed E-state index contributed by atoms with van der Waals surface area (Å²) in [5.74, 6) is -17.1. The maximum atomic E-state index is 14.9. The van der Waals surface area contributed by atoms with Gasteiger partial charge in [-0.2, -0.15) is 17.6 Å². The summed E-state index contributed by atoms with van der Waals surface area (Å²) >= 11 is 0. The van der Waals surface area contributed by atoms with E-state index >= 15 is 0 Å². The fraction of sp³-hybridized carbons (Fsp3) is 0.143. The van der Waals surface area contributed by atoms with Crippen LogP contribution in [0.15, 0.2) is 78.9 Å². The van der Waals surface area contributed by atoms with Gasteiger partial charge in [-0.3, -0.25) is 0 Å². The summed E-state index contributed by atoms with van der Waals surface area (Å²) in [6.45, 7) is 5.76. The second kappa shape index (κ2) is 14.1. The number of halogens is 12. The van der Waals surface area contributed by atoms with Gasteiger partial charge in [-0.05, 0) is 60.0 Å². The van der Waals surface area contributed by atoms with Crippen molar-refractivity contribution < 1.29 is 62.2 Å². The quantitative estimate of drug-likeness (QED) is 0.118. The van der Waals surface area contributed by atoms with E-state index in [2.05, 4.69) is 9.47 Å². The van der Waals surface area contributed by atoms with E-state index in [4.69, 9.17) is 0 Å². The number of hydrogen-bond donors (Lipinski definition) is 0. The van der Waals surface area contributed by atoms with Crippen molar-refractivity contribution in [2.75, 3.05) is 0 Å². The van der Waals surface area contributed by atoms with Gasteiger partial charge < -0.3 is 9.47 Å². The first-order valence-electron chi connectivity index (χ1n) is 14.1. The third-order valence-electron chi connectivity index (χ3n) is 6.75. The molecule has 0 aliphatic rings. The molecule has 5 aromatic rings. The molecule has 0 radical (unpaired) electrons. The molecule has 0 bridgehead atoms. The average molecular weight is 703 g/mol. The summed E-state index contributed by atoms with van der Waals surface area (Å²) in [5.41, 5.74) is -4.17. The van der Waals surface area contributed by atoms with Crippen LogP contribution in [0.4, 0.5) is 52.7 Å². The van der Waals surface area contributed by atoms with Crippen molar-refractivity contribution in [1.82, 2.24) is 0 Å². The molecule has 0 saturated heterocycles. The van der Waals surface area contributed by atoms with Gasteiger partial charge in [-0.25, -0.2) is 35.1 Å². The predicted octanol–water partition coefficient (Wildman–Crippen LogP) is 11.7. The van der Waals surface area contributed by atoms with Crippen LogP contribution in [0.5, 0.6) is 11.5 Å². The van der Waals surface area contributed by atoms with E-state index < -0.39 is 92.5 Å². The molecule has 258 valence electrons. The molecule has 0 aliphatic carbocycles. The van der Waals surface area contributed by atoms with Gasteiger partial charge in [0.2, 0.25) is 0 Å². The molecule has 14 heteroatoms. The van der Waals surface area contributed by atoms with E-state index in [-0.39, 0.29) is 29.8 Å². The van der Waals surface area contributed by atoms with Gasteiger partial charge in [0.15, 0.2) is 17.5 Å². The van der Waals surface area contributed by atoms with Crippen LogP contribution in [-0.4, -0.2) is 0 Å². The maximum Gasteiger partial charge on any atom is 0.432 e. The van der Waals surface area contributed by atoms with E-state index in [1.165, 1.54) is 12.1 Å². The average Bonchev–Trinajstić information content (AvgIpc) is 2.99. The molecule has 0 heterocycles. The van der Waals surface area contributed by atoms with Crippen molar-refractivity contribution in [1.29, 1.82) is 0 Å². The van der Waals surface area contributed by atoms with E-state index in [9.17, 15) is 52.7 Å². The molecule has 0 aromatic heterocycles. The third kappa shape index (κ3) is 7.79. The highest BCUT2D eigenvalue weighted by Crippen LogP contribution is 2.40. The second-order valence-corrected chi connectivity index (χ2v) is 10.1. The largest absolute Gasteiger partial charge is 0.432 e. The Labute approximate surface area is 271 Å². The molecular formula is C35H22F12O2. The number of aryl methyl sites for hydroxylation is 1. The highest BCUT2D eigenvalue weighted by molar-refractivity contribution is 5.66. The van der Waals surface area contributed by atoms with Crippen molar-refractivity contribution in [3.63, 3.8) is 0 Å². The number of rotatable bonds is 8. The van der Waals surface area contributed by atoms with E-state index in [0.29, 0.717) is 35.9 Å². The number of ether oxygens (including phenoxy) is 2. The van der Waals surface area contributed by atoms with Crippen LogP contribution < -0.4 is 9.47 Å². The van der Waals surface area contributed by atoms with Gasteiger partial charge >= 0.3 is 12.2 Å². The van der Waals surface area contributed by atoms with Gasteiger partial charge in [0.25, 0.3) is 0 Å². The van der Waals surface area contributed by atoms with Gasteiger partial charge in [-0.15, -0.1) is 0 Å². The molecule has 2 nitrogen and oxygen atoms in total. The zero-order valence-corrected chi connectivity index (χ0v) is 25.4. The summed E-state index contributed by atoms with van der Waals surface area (Å²) in [4.78, 5) is 0. The van der Waals surface area contributed by atoms with Crippen LogP contribution in [-0.2, 0) is 12.2 Å². The molecule has 0 amide bonds. The fourth-order valence-corrected chi connectivity index (χ4v) is 4.55. The van der Waals surface area contributed by atoms with Crippen molar-refractivity contribution in [2.45, 2.75) is 33.0 Å². The predicted molar refractivity (Wildman–Crippen MR) is 155 cm³/mol. The van der Waals surface area contributed by atoms with Crippen molar-refractivity contribution in [3.8, 4) is 33.8 Å². The first-order valence-corrected chi connectivity index (χ1v) is 14.1. The smallest absolute Gasteiger partial charge is 0.429 e. The normalized spacial score (nSPS) is 11.6. The summed E-state index contributed by atoms with van der Waals surface area (Å²) in [6, 6.07) is 9.67. The molecule has 0 aliphatic heterocycles. The molecule has 0 atom stereocenters. The topological polar surface area (TPSA) is 18.5 Å². The molecule has 5 aromatic carbocycles. The van der Waals surface area contributed by atoms with Gasteiger partial charge in [-0.1, -0.05) is 43.7 Å². The number of hydrogen-bond acceptors (Lipinski definition) is 2. The highest BCUT2D eigenvalue weighted by atomic mass is 19.3. The lowest BCUT2D eigenvalue weighted by Gasteiger charge is -2.21. The SMILES string of the molecule is CC.Cc1ccc(-c2cc(F)c(C(F)(F)Oc3ccc(-c4cc(F)c(C(F)(F)Oc5cc(F)c(F)c(F)c5)c(F)c4)c(F)c3)c(F)c2)cc1. The van der Waals surface area contributed by atoms with Crippen LogP contribution in [0, 0.1) is 53.5 Å². The Morgan fingerprint density at radius 1 is 0.429 bits per heavy atom. The maximum absolute atomic E-state index is 14.9. The Kier molecular flexibility index (Phi) is 10.6. The first kappa shape index (κ1) is 36.7. The standard InChI is InChI=1S/C33H16F12O2.C2H6/c1-15-2-4-16(5-3-15)17-8-23(35)29(24(36)9-17)32(42,43)46-19-6-7-21(22(34)12-19)18-10-25(37)30(26(38)11-18)33(44,45)47-20-13-27(39)31(41)28(40)14-20;1-2/h2-14H,1H3;1-2H3. The zero-order valence-electron chi connectivity index (χ0n) is 25.4. The minimum Gasteiger partial charge on any atom is -0.429 e. The van der Waals surface area contributed by atoms with E-state index in [0.717, 1.165) is 5.56 Å². The molecule has 0 unspecified atom stereocenters. The van der Waals surface area contributed by atoms with E-state index in [1.54, 1.807) is 19.1 Å². The Balaban J connectivity index is 0.00000265. The van der Waals surface area contributed by atoms with Crippen LogP contribution >= 0.6 is 0 Å². The molecule has 5 rings (SSSR count). The first-order chi connectivity index (χ1) is 23.0. The van der Waals surface area contributed by atoms with Gasteiger partial charge in [0.1, 0.15) is 51.7 Å². The molecule has 49 heavy (non-hydrogen) atoms. The summed E-state index contributed by atoms with van der Waals surface area (Å²) in [5, 5.41) is 0. The van der Waals surface area contributed by atoms with Crippen LogP contribution in [0.1, 0.15) is 30.5 Å². The van der Waals surface area contributed by atoms with Crippen LogP contribution in [0.25, 0.3) is 22.3 Å². The lowest BCUT2D eigenvalue weighted by atomic mass is 10.0. The molecule has 0 spiro atoms. The van der Waals surface area contributed by atoms with Crippen LogP contribution in [0.2, 0.25) is 0 Å². The summed E-state index contributed by atoms with van der Waals surface area (Å²) in [7, 11) is 0. The minimum absolute atomic E-state index is 0.00224. The van der Waals surface area contributed by atoms with Gasteiger partial charge in [0.05, 0.1) is 0 Å². The summed E-state index contributed by atoms with van der Waals surface area (Å²) in [6.07, 6.45) is -9.61. The minimum atomic E-state index is -4.92. The molecule has 0 saturated carbocycles.